The first kappa shape index (κ1) is 21.2. The molecule has 0 saturated carbocycles. The Hall–Kier alpha value is -3.04. The number of nitrogens with zero attached hydrogens (tertiary/aromatic N) is 1. The number of hydrogen-bond acceptors (Lipinski definition) is 5. The molecule has 160 valence electrons. The van der Waals surface area contributed by atoms with Crippen LogP contribution in [-0.4, -0.2) is 42.2 Å². The predicted molar refractivity (Wildman–Crippen MR) is 114 cm³/mol. The first-order valence-corrected chi connectivity index (χ1v) is 10.8. The van der Waals surface area contributed by atoms with Crippen LogP contribution in [0.5, 0.6) is 0 Å². The highest BCUT2D eigenvalue weighted by Gasteiger charge is 2.42. The molecule has 4 rings (SSSR count). The fraction of sp³-hybridized carbons (Fsp3) is 0.190. The van der Waals surface area contributed by atoms with Gasteiger partial charge in [0, 0.05) is 4.90 Å². The van der Waals surface area contributed by atoms with Gasteiger partial charge in [-0.25, -0.2) is 14.0 Å². The van der Waals surface area contributed by atoms with Gasteiger partial charge in [0.05, 0.1) is 28.0 Å². The lowest BCUT2D eigenvalue weighted by Gasteiger charge is -2.32. The van der Waals surface area contributed by atoms with Crippen molar-refractivity contribution < 1.29 is 23.5 Å². The van der Waals surface area contributed by atoms with Crippen LogP contribution in [0.2, 0.25) is 5.02 Å². The van der Waals surface area contributed by atoms with E-state index in [1.807, 2.05) is 30.5 Å². The Labute approximate surface area is 186 Å². The molecule has 0 spiro atoms. The van der Waals surface area contributed by atoms with E-state index in [1.165, 1.54) is 12.1 Å². The molecule has 2 aliphatic rings. The zero-order chi connectivity index (χ0) is 22.1. The number of halogens is 2. The molecule has 7 nitrogen and oxygen atoms in total. The summed E-state index contributed by atoms with van der Waals surface area (Å²) in [5, 5.41) is 5.41. The third-order valence-corrected chi connectivity index (χ3v) is 6.02. The van der Waals surface area contributed by atoms with E-state index in [4.69, 9.17) is 16.3 Å². The summed E-state index contributed by atoms with van der Waals surface area (Å²) in [4.78, 5) is 39.9. The second-order valence-electron chi connectivity index (χ2n) is 6.85. The van der Waals surface area contributed by atoms with Gasteiger partial charge in [0.2, 0.25) is 5.91 Å². The number of thioether (sulfide) groups is 1. The van der Waals surface area contributed by atoms with Crippen LogP contribution in [0.15, 0.2) is 58.6 Å². The molecule has 3 amide bonds. The highest BCUT2D eigenvalue weighted by Crippen LogP contribution is 2.35. The number of urea groups is 1. The standard InChI is InChI=1S/C21H17ClFN3O4S/c1-31-13-5-2-11(3-6-13)19-18-16(10-30-20(18)28)26(21(29)25-19)9-17(27)24-15-8-12(23)4-7-14(15)22/h2-8,19H,9-10H2,1H3,(H,24,27)(H,25,29). The van der Waals surface area contributed by atoms with Crippen molar-refractivity contribution in [3.8, 4) is 0 Å². The van der Waals surface area contributed by atoms with Gasteiger partial charge in [-0.2, -0.15) is 0 Å². The summed E-state index contributed by atoms with van der Waals surface area (Å²) in [6, 6.07) is 9.81. The summed E-state index contributed by atoms with van der Waals surface area (Å²) in [7, 11) is 0. The third kappa shape index (κ3) is 4.24. The maximum Gasteiger partial charge on any atom is 0.338 e. The van der Waals surface area contributed by atoms with E-state index in [9.17, 15) is 18.8 Å². The van der Waals surface area contributed by atoms with Gasteiger partial charge in [0.1, 0.15) is 19.0 Å². The van der Waals surface area contributed by atoms with Crippen molar-refractivity contribution >= 4 is 47.0 Å². The van der Waals surface area contributed by atoms with Crippen molar-refractivity contribution in [2.24, 2.45) is 0 Å². The van der Waals surface area contributed by atoms with Crippen molar-refractivity contribution in [3.05, 3.63) is 70.1 Å². The van der Waals surface area contributed by atoms with Crippen LogP contribution in [0, 0.1) is 5.82 Å². The van der Waals surface area contributed by atoms with E-state index in [0.717, 1.165) is 21.4 Å². The molecule has 10 heteroatoms. The molecule has 0 saturated heterocycles. The van der Waals surface area contributed by atoms with Crippen LogP contribution in [0.1, 0.15) is 11.6 Å². The number of rotatable bonds is 5. The molecule has 0 aromatic heterocycles. The summed E-state index contributed by atoms with van der Waals surface area (Å²) in [6.45, 7) is -0.513. The molecule has 2 heterocycles. The monoisotopic (exact) mass is 461 g/mol. The summed E-state index contributed by atoms with van der Waals surface area (Å²) in [6.07, 6.45) is 1.95. The van der Waals surface area contributed by atoms with E-state index in [2.05, 4.69) is 10.6 Å². The number of benzene rings is 2. The summed E-state index contributed by atoms with van der Waals surface area (Å²) in [5.41, 5.74) is 1.43. The highest BCUT2D eigenvalue weighted by molar-refractivity contribution is 7.98. The smallest absolute Gasteiger partial charge is 0.338 e. The molecule has 0 radical (unpaired) electrons. The quantitative estimate of drug-likeness (QED) is 0.523. The van der Waals surface area contributed by atoms with Crippen molar-refractivity contribution in [2.45, 2.75) is 10.9 Å². The summed E-state index contributed by atoms with van der Waals surface area (Å²) >= 11 is 7.56. The van der Waals surface area contributed by atoms with Gasteiger partial charge in [-0.15, -0.1) is 11.8 Å². The molecule has 1 atom stereocenters. The van der Waals surface area contributed by atoms with Gasteiger partial charge in [0.15, 0.2) is 0 Å². The van der Waals surface area contributed by atoms with Gasteiger partial charge in [0.25, 0.3) is 0 Å². The fourth-order valence-corrected chi connectivity index (χ4v) is 4.02. The second-order valence-corrected chi connectivity index (χ2v) is 8.14. The minimum absolute atomic E-state index is 0.0868. The van der Waals surface area contributed by atoms with Gasteiger partial charge in [-0.05, 0) is 42.2 Å². The molecule has 0 aliphatic carbocycles. The molecule has 0 fully saturated rings. The van der Waals surface area contributed by atoms with Crippen molar-refractivity contribution in [2.75, 3.05) is 24.7 Å². The van der Waals surface area contributed by atoms with Crippen molar-refractivity contribution in [1.82, 2.24) is 10.2 Å². The number of anilines is 1. The second kappa shape index (κ2) is 8.60. The Kier molecular flexibility index (Phi) is 5.88. The average Bonchev–Trinajstić information content (AvgIpc) is 3.14. The van der Waals surface area contributed by atoms with E-state index < -0.39 is 36.3 Å². The highest BCUT2D eigenvalue weighted by atomic mass is 35.5. The van der Waals surface area contributed by atoms with Crippen LogP contribution in [0.4, 0.5) is 14.9 Å². The maximum absolute atomic E-state index is 13.4. The van der Waals surface area contributed by atoms with Gasteiger partial charge >= 0.3 is 12.0 Å². The number of cyclic esters (lactones) is 1. The van der Waals surface area contributed by atoms with Crippen LogP contribution in [-0.2, 0) is 14.3 Å². The average molecular weight is 462 g/mol. The molecule has 1 unspecified atom stereocenters. The van der Waals surface area contributed by atoms with Crippen molar-refractivity contribution in [3.63, 3.8) is 0 Å². The molecule has 0 bridgehead atoms. The Morgan fingerprint density at radius 2 is 2.03 bits per heavy atom. The Balaban J connectivity index is 1.59. The Morgan fingerprint density at radius 1 is 1.29 bits per heavy atom. The Morgan fingerprint density at radius 3 is 2.74 bits per heavy atom. The Bertz CT molecular complexity index is 1110. The number of nitrogens with one attached hydrogen (secondary N) is 2. The molecule has 31 heavy (non-hydrogen) atoms. The number of carbonyl (C=O) groups excluding carboxylic acids is 3. The largest absolute Gasteiger partial charge is 0.456 e. The number of esters is 1. The lowest BCUT2D eigenvalue weighted by atomic mass is 9.96. The summed E-state index contributed by atoms with van der Waals surface area (Å²) < 4.78 is 18.6. The van der Waals surface area contributed by atoms with Gasteiger partial charge < -0.3 is 15.4 Å². The lowest BCUT2D eigenvalue weighted by Crippen LogP contribution is -2.49. The molecule has 2 aliphatic heterocycles. The first-order valence-electron chi connectivity index (χ1n) is 9.24. The number of carbonyl (C=O) groups is 3. The number of amides is 3. The molecule has 2 aromatic rings. The minimum atomic E-state index is -0.676. The van der Waals surface area contributed by atoms with E-state index in [1.54, 1.807) is 11.8 Å². The van der Waals surface area contributed by atoms with E-state index >= 15 is 0 Å². The molecule has 2 N–H and O–H groups in total. The summed E-state index contributed by atoms with van der Waals surface area (Å²) in [5.74, 6) is -1.71. The fourth-order valence-electron chi connectivity index (χ4n) is 3.45. The normalized spacial score (nSPS) is 17.9. The number of ether oxygens (including phenoxy) is 1. The van der Waals surface area contributed by atoms with E-state index in [-0.39, 0.29) is 22.9 Å². The van der Waals surface area contributed by atoms with Crippen LogP contribution in [0.25, 0.3) is 0 Å². The topological polar surface area (TPSA) is 87.7 Å². The molecule has 2 aromatic carbocycles. The SMILES string of the molecule is CSc1ccc(C2NC(=O)N(CC(=O)Nc3cc(F)ccc3Cl)C3=C2C(=O)OC3)cc1. The minimum Gasteiger partial charge on any atom is -0.456 e. The lowest BCUT2D eigenvalue weighted by molar-refractivity contribution is -0.136. The first-order chi connectivity index (χ1) is 14.9. The van der Waals surface area contributed by atoms with Crippen LogP contribution in [0.3, 0.4) is 0 Å². The van der Waals surface area contributed by atoms with Crippen molar-refractivity contribution in [1.29, 1.82) is 0 Å². The molecular weight excluding hydrogens is 445 g/mol. The number of hydrogen-bond donors (Lipinski definition) is 2. The van der Waals surface area contributed by atoms with Crippen LogP contribution < -0.4 is 10.6 Å². The zero-order valence-corrected chi connectivity index (χ0v) is 17.8. The maximum atomic E-state index is 13.4. The van der Waals surface area contributed by atoms with E-state index in [0.29, 0.717) is 5.70 Å². The third-order valence-electron chi connectivity index (χ3n) is 4.95. The zero-order valence-electron chi connectivity index (χ0n) is 16.3. The van der Waals surface area contributed by atoms with Crippen LogP contribution >= 0.6 is 23.4 Å². The molecular formula is C21H17ClFN3O4S. The van der Waals surface area contributed by atoms with Gasteiger partial charge in [-0.3, -0.25) is 9.69 Å². The predicted octanol–water partition coefficient (Wildman–Crippen LogP) is 3.72. The van der Waals surface area contributed by atoms with Gasteiger partial charge in [-0.1, -0.05) is 23.7 Å².